The normalized spacial score (nSPS) is 10.4. The van der Waals surface area contributed by atoms with Gasteiger partial charge in [-0.25, -0.2) is 4.39 Å². The number of para-hydroxylation sites is 1. The van der Waals surface area contributed by atoms with Gasteiger partial charge in [0.1, 0.15) is 5.82 Å². The lowest BCUT2D eigenvalue weighted by Crippen LogP contribution is -2.26. The van der Waals surface area contributed by atoms with Crippen LogP contribution in [0.25, 0.3) is 0 Å². The molecule has 0 fully saturated rings. The Balaban J connectivity index is 1.56. The molecule has 2 rings (SSSR count). The molecule has 0 radical (unpaired) electrons. The van der Waals surface area contributed by atoms with Crippen molar-refractivity contribution in [2.24, 2.45) is 0 Å². The summed E-state index contributed by atoms with van der Waals surface area (Å²) >= 11 is 0. The lowest BCUT2D eigenvalue weighted by molar-refractivity contribution is -0.121. The Labute approximate surface area is 143 Å². The second kappa shape index (κ2) is 9.71. The number of hydrogen-bond acceptors (Lipinski definition) is 2. The molecule has 2 aromatic carbocycles. The molecular weight excluding hydrogens is 303 g/mol. The average Bonchev–Trinajstić information content (AvgIpc) is 2.60. The quantitative estimate of drug-likeness (QED) is 0.710. The zero-order valence-electron chi connectivity index (χ0n) is 14.2. The predicted octanol–water partition coefficient (Wildman–Crippen LogP) is 3.79. The Bertz CT molecular complexity index is 631. The molecule has 3 nitrogen and oxygen atoms in total. The SMILES string of the molecule is CN(CCCCNC(=O)CCc1cccc(F)c1)c1ccccc1. The number of carbonyl (C=O) groups excluding carboxylic acids is 1. The number of anilines is 1. The van der Waals surface area contributed by atoms with Crippen LogP contribution in [0.2, 0.25) is 0 Å². The summed E-state index contributed by atoms with van der Waals surface area (Å²) in [6.45, 7) is 1.65. The Morgan fingerprint density at radius 3 is 2.62 bits per heavy atom. The summed E-state index contributed by atoms with van der Waals surface area (Å²) in [6, 6.07) is 16.7. The van der Waals surface area contributed by atoms with Gasteiger partial charge in [0.25, 0.3) is 0 Å². The second-order valence-corrected chi connectivity index (χ2v) is 5.94. The lowest BCUT2D eigenvalue weighted by Gasteiger charge is -2.19. The van der Waals surface area contributed by atoms with E-state index in [-0.39, 0.29) is 11.7 Å². The van der Waals surface area contributed by atoms with E-state index >= 15 is 0 Å². The van der Waals surface area contributed by atoms with E-state index in [9.17, 15) is 9.18 Å². The van der Waals surface area contributed by atoms with E-state index in [0.29, 0.717) is 19.4 Å². The fourth-order valence-electron chi connectivity index (χ4n) is 2.55. The van der Waals surface area contributed by atoms with E-state index in [1.54, 1.807) is 6.07 Å². The summed E-state index contributed by atoms with van der Waals surface area (Å²) < 4.78 is 13.1. The molecule has 0 heterocycles. The van der Waals surface area contributed by atoms with Crippen LogP contribution in [-0.4, -0.2) is 26.0 Å². The van der Waals surface area contributed by atoms with Crippen molar-refractivity contribution in [1.29, 1.82) is 0 Å². The number of unbranched alkanes of at least 4 members (excludes halogenated alkanes) is 1. The first-order chi connectivity index (χ1) is 11.6. The molecule has 0 aliphatic carbocycles. The van der Waals surface area contributed by atoms with Crippen molar-refractivity contribution >= 4 is 11.6 Å². The third kappa shape index (κ3) is 6.41. The number of benzene rings is 2. The van der Waals surface area contributed by atoms with Gasteiger partial charge in [-0.1, -0.05) is 30.3 Å². The fraction of sp³-hybridized carbons (Fsp3) is 0.350. The third-order valence-electron chi connectivity index (χ3n) is 3.97. The monoisotopic (exact) mass is 328 g/mol. The lowest BCUT2D eigenvalue weighted by atomic mass is 10.1. The van der Waals surface area contributed by atoms with Crippen molar-refractivity contribution in [3.63, 3.8) is 0 Å². The maximum atomic E-state index is 13.1. The third-order valence-corrected chi connectivity index (χ3v) is 3.97. The molecule has 0 aromatic heterocycles. The molecule has 0 aliphatic heterocycles. The highest BCUT2D eigenvalue weighted by atomic mass is 19.1. The molecule has 0 saturated heterocycles. The van der Waals surface area contributed by atoms with E-state index in [0.717, 1.165) is 24.9 Å². The van der Waals surface area contributed by atoms with Gasteiger partial charge in [0.05, 0.1) is 0 Å². The minimum atomic E-state index is -0.254. The van der Waals surface area contributed by atoms with Crippen LogP contribution in [-0.2, 0) is 11.2 Å². The van der Waals surface area contributed by atoms with Crippen LogP contribution in [0.4, 0.5) is 10.1 Å². The molecule has 0 aliphatic rings. The summed E-state index contributed by atoms with van der Waals surface area (Å²) in [6.07, 6.45) is 2.94. The Hall–Kier alpha value is -2.36. The summed E-state index contributed by atoms with van der Waals surface area (Å²) in [5.41, 5.74) is 2.06. The van der Waals surface area contributed by atoms with Gasteiger partial charge >= 0.3 is 0 Å². The highest BCUT2D eigenvalue weighted by Gasteiger charge is 2.03. The number of amides is 1. The van der Waals surface area contributed by atoms with Crippen molar-refractivity contribution in [2.75, 3.05) is 25.0 Å². The smallest absolute Gasteiger partial charge is 0.220 e. The Morgan fingerprint density at radius 1 is 1.08 bits per heavy atom. The number of aryl methyl sites for hydroxylation is 1. The van der Waals surface area contributed by atoms with Gasteiger partial charge in [0.2, 0.25) is 5.91 Å². The summed E-state index contributed by atoms with van der Waals surface area (Å²) in [5.74, 6) is -0.230. The molecule has 0 bridgehead atoms. The van der Waals surface area contributed by atoms with Crippen LogP contribution < -0.4 is 10.2 Å². The van der Waals surface area contributed by atoms with Crippen molar-refractivity contribution in [1.82, 2.24) is 5.32 Å². The van der Waals surface area contributed by atoms with Gasteiger partial charge in [0.15, 0.2) is 0 Å². The van der Waals surface area contributed by atoms with E-state index in [2.05, 4.69) is 29.4 Å². The average molecular weight is 328 g/mol. The molecule has 0 saturated carbocycles. The molecule has 128 valence electrons. The van der Waals surface area contributed by atoms with Crippen LogP contribution in [0, 0.1) is 5.82 Å². The van der Waals surface area contributed by atoms with Gasteiger partial charge in [-0.05, 0) is 49.1 Å². The maximum Gasteiger partial charge on any atom is 0.220 e. The van der Waals surface area contributed by atoms with E-state index in [1.165, 1.54) is 17.8 Å². The molecule has 1 amide bonds. The molecule has 4 heteroatoms. The highest BCUT2D eigenvalue weighted by Crippen LogP contribution is 2.11. The summed E-state index contributed by atoms with van der Waals surface area (Å²) in [4.78, 5) is 14.0. The zero-order valence-corrected chi connectivity index (χ0v) is 14.2. The van der Waals surface area contributed by atoms with Gasteiger partial charge in [-0.3, -0.25) is 4.79 Å². The molecular formula is C20H25FN2O. The molecule has 0 atom stereocenters. The second-order valence-electron chi connectivity index (χ2n) is 5.94. The van der Waals surface area contributed by atoms with Gasteiger partial charge in [-0.15, -0.1) is 0 Å². The molecule has 0 unspecified atom stereocenters. The Morgan fingerprint density at radius 2 is 1.88 bits per heavy atom. The number of carbonyl (C=O) groups is 1. The first-order valence-corrected chi connectivity index (χ1v) is 8.42. The highest BCUT2D eigenvalue weighted by molar-refractivity contribution is 5.76. The number of nitrogens with zero attached hydrogens (tertiary/aromatic N) is 1. The topological polar surface area (TPSA) is 32.3 Å². The standard InChI is InChI=1S/C20H25FN2O/c1-23(19-10-3-2-4-11-19)15-6-5-14-22-20(24)13-12-17-8-7-9-18(21)16-17/h2-4,7-11,16H,5-6,12-15H2,1H3,(H,22,24). The van der Waals surface area contributed by atoms with Crippen molar-refractivity contribution < 1.29 is 9.18 Å². The van der Waals surface area contributed by atoms with E-state index < -0.39 is 0 Å². The van der Waals surface area contributed by atoms with E-state index in [4.69, 9.17) is 0 Å². The van der Waals surface area contributed by atoms with Gasteiger partial charge in [-0.2, -0.15) is 0 Å². The van der Waals surface area contributed by atoms with Gasteiger partial charge in [0, 0.05) is 32.2 Å². The summed E-state index contributed by atoms with van der Waals surface area (Å²) in [5, 5.41) is 2.93. The molecule has 1 N–H and O–H groups in total. The number of rotatable bonds is 9. The number of hydrogen-bond donors (Lipinski definition) is 1. The van der Waals surface area contributed by atoms with Crippen molar-refractivity contribution in [3.05, 3.63) is 66.0 Å². The number of halogens is 1. The molecule has 24 heavy (non-hydrogen) atoms. The van der Waals surface area contributed by atoms with E-state index in [1.807, 2.05) is 24.3 Å². The Kier molecular flexibility index (Phi) is 7.27. The zero-order chi connectivity index (χ0) is 17.2. The predicted molar refractivity (Wildman–Crippen MR) is 96.7 cm³/mol. The fourth-order valence-corrected chi connectivity index (χ4v) is 2.55. The van der Waals surface area contributed by atoms with Crippen molar-refractivity contribution in [3.8, 4) is 0 Å². The summed E-state index contributed by atoms with van der Waals surface area (Å²) in [7, 11) is 2.08. The van der Waals surface area contributed by atoms with Crippen LogP contribution in [0.3, 0.4) is 0 Å². The largest absolute Gasteiger partial charge is 0.375 e. The molecule has 0 spiro atoms. The first-order valence-electron chi connectivity index (χ1n) is 8.42. The minimum Gasteiger partial charge on any atom is -0.375 e. The molecule has 2 aromatic rings. The van der Waals surface area contributed by atoms with Crippen LogP contribution in [0.15, 0.2) is 54.6 Å². The first kappa shape index (κ1) is 18.0. The number of nitrogens with one attached hydrogen (secondary N) is 1. The van der Waals surface area contributed by atoms with Crippen LogP contribution >= 0.6 is 0 Å². The van der Waals surface area contributed by atoms with Crippen LogP contribution in [0.1, 0.15) is 24.8 Å². The minimum absolute atomic E-state index is 0.0238. The van der Waals surface area contributed by atoms with Gasteiger partial charge < -0.3 is 10.2 Å². The maximum absolute atomic E-state index is 13.1. The van der Waals surface area contributed by atoms with Crippen molar-refractivity contribution in [2.45, 2.75) is 25.7 Å². The van der Waals surface area contributed by atoms with Crippen LogP contribution in [0.5, 0.6) is 0 Å².